The summed E-state index contributed by atoms with van der Waals surface area (Å²) < 4.78 is 1.88. The van der Waals surface area contributed by atoms with Crippen LogP contribution in [-0.2, 0) is 0 Å². The van der Waals surface area contributed by atoms with Crippen LogP contribution >= 0.6 is 34.4 Å². The van der Waals surface area contributed by atoms with Crippen LogP contribution < -0.4 is 5.32 Å². The van der Waals surface area contributed by atoms with Gasteiger partial charge in [0.05, 0.1) is 10.2 Å². The van der Waals surface area contributed by atoms with Crippen LogP contribution in [0.3, 0.4) is 0 Å². The zero-order valence-electron chi connectivity index (χ0n) is 11.9. The van der Waals surface area contributed by atoms with Crippen molar-refractivity contribution >= 4 is 55.7 Å². The van der Waals surface area contributed by atoms with Gasteiger partial charge >= 0.3 is 0 Å². The zero-order valence-corrected chi connectivity index (χ0v) is 14.4. The first-order valence-corrected chi connectivity index (χ1v) is 9.51. The summed E-state index contributed by atoms with van der Waals surface area (Å²) >= 11 is 4.45. The Kier molecular flexibility index (Phi) is 5.01. The van der Waals surface area contributed by atoms with E-state index in [2.05, 4.69) is 27.4 Å². The standard InChI is InChI=1S/C14H14N4OS3/c1-2-3-8-20-14-18-17-13(22-14)16-11(19)12-15-9-6-4-5-7-10(9)21-12/h4-7H,2-3,8H2,1H3,(H,16,17,19). The van der Waals surface area contributed by atoms with E-state index in [0.717, 1.165) is 33.2 Å². The number of carbonyl (C=O) groups is 1. The minimum atomic E-state index is -0.234. The third-order valence-corrected chi connectivity index (χ3v) is 5.93. The maximum absolute atomic E-state index is 12.2. The summed E-state index contributed by atoms with van der Waals surface area (Å²) in [5, 5.41) is 11.8. The average molecular weight is 350 g/mol. The minimum Gasteiger partial charge on any atom is -0.294 e. The number of para-hydroxylation sites is 1. The number of thiazole rings is 1. The van der Waals surface area contributed by atoms with Gasteiger partial charge in [0.2, 0.25) is 5.13 Å². The van der Waals surface area contributed by atoms with E-state index in [-0.39, 0.29) is 5.91 Å². The number of amides is 1. The molecule has 0 aliphatic rings. The van der Waals surface area contributed by atoms with E-state index in [9.17, 15) is 4.79 Å². The van der Waals surface area contributed by atoms with Crippen molar-refractivity contribution < 1.29 is 4.79 Å². The van der Waals surface area contributed by atoms with E-state index in [4.69, 9.17) is 0 Å². The predicted octanol–water partition coefficient (Wildman–Crippen LogP) is 4.29. The summed E-state index contributed by atoms with van der Waals surface area (Å²) in [6, 6.07) is 7.70. The molecule has 0 bridgehead atoms. The van der Waals surface area contributed by atoms with Gasteiger partial charge in [0.15, 0.2) is 9.35 Å². The minimum absolute atomic E-state index is 0.234. The number of unbranched alkanes of at least 4 members (excludes halogenated alkanes) is 1. The number of nitrogens with zero attached hydrogens (tertiary/aromatic N) is 3. The topological polar surface area (TPSA) is 67.8 Å². The van der Waals surface area contributed by atoms with Crippen LogP contribution in [0.1, 0.15) is 29.6 Å². The number of fused-ring (bicyclic) bond motifs is 1. The Bertz CT molecular complexity index is 750. The number of carbonyl (C=O) groups excluding carboxylic acids is 1. The van der Waals surface area contributed by atoms with Crippen molar-refractivity contribution in [1.82, 2.24) is 15.2 Å². The maximum atomic E-state index is 12.2. The zero-order chi connectivity index (χ0) is 15.4. The first-order chi connectivity index (χ1) is 10.8. The fraction of sp³-hybridized carbons (Fsp3) is 0.286. The van der Waals surface area contributed by atoms with Crippen molar-refractivity contribution in [3.05, 3.63) is 29.3 Å². The average Bonchev–Trinajstić information content (AvgIpc) is 3.14. The second-order valence-electron chi connectivity index (χ2n) is 4.52. The second kappa shape index (κ2) is 7.17. The Morgan fingerprint density at radius 2 is 2.14 bits per heavy atom. The van der Waals surface area contributed by atoms with Crippen LogP contribution in [-0.4, -0.2) is 26.8 Å². The number of anilines is 1. The molecule has 0 radical (unpaired) electrons. The fourth-order valence-corrected chi connectivity index (χ4v) is 4.50. The third-order valence-electron chi connectivity index (χ3n) is 2.84. The molecule has 22 heavy (non-hydrogen) atoms. The van der Waals surface area contributed by atoms with Crippen molar-refractivity contribution in [3.8, 4) is 0 Å². The molecule has 2 aromatic heterocycles. The molecule has 5 nitrogen and oxygen atoms in total. The number of hydrogen-bond acceptors (Lipinski definition) is 7. The molecule has 0 aliphatic carbocycles. The number of nitrogens with one attached hydrogen (secondary N) is 1. The molecule has 0 unspecified atom stereocenters. The number of hydrogen-bond donors (Lipinski definition) is 1. The Morgan fingerprint density at radius 1 is 1.27 bits per heavy atom. The highest BCUT2D eigenvalue weighted by atomic mass is 32.2. The lowest BCUT2D eigenvalue weighted by Crippen LogP contribution is -2.11. The smallest absolute Gasteiger partial charge is 0.286 e. The number of rotatable bonds is 6. The first kappa shape index (κ1) is 15.4. The number of aromatic nitrogens is 3. The van der Waals surface area contributed by atoms with Gasteiger partial charge in [-0.1, -0.05) is 48.6 Å². The Morgan fingerprint density at radius 3 is 2.95 bits per heavy atom. The quantitative estimate of drug-likeness (QED) is 0.408. The van der Waals surface area contributed by atoms with Crippen LogP contribution in [0.4, 0.5) is 5.13 Å². The van der Waals surface area contributed by atoms with Crippen molar-refractivity contribution in [2.45, 2.75) is 24.1 Å². The van der Waals surface area contributed by atoms with Crippen LogP contribution in [0, 0.1) is 0 Å². The van der Waals surface area contributed by atoms with Crippen molar-refractivity contribution in [3.63, 3.8) is 0 Å². The van der Waals surface area contributed by atoms with Crippen LogP contribution in [0.15, 0.2) is 28.6 Å². The molecule has 1 N–H and O–H groups in total. The van der Waals surface area contributed by atoms with Crippen LogP contribution in [0.2, 0.25) is 0 Å². The summed E-state index contributed by atoms with van der Waals surface area (Å²) in [6.45, 7) is 2.16. The van der Waals surface area contributed by atoms with Gasteiger partial charge in [-0.05, 0) is 18.6 Å². The Hall–Kier alpha value is -1.51. The molecular formula is C14H14N4OS3. The summed E-state index contributed by atoms with van der Waals surface area (Å²) in [6.07, 6.45) is 2.31. The summed E-state index contributed by atoms with van der Waals surface area (Å²) in [7, 11) is 0. The molecule has 0 aliphatic heterocycles. The molecule has 1 amide bonds. The van der Waals surface area contributed by atoms with Gasteiger partial charge in [-0.2, -0.15) is 0 Å². The molecule has 1 aromatic carbocycles. The van der Waals surface area contributed by atoms with Gasteiger partial charge in [-0.3, -0.25) is 10.1 Å². The summed E-state index contributed by atoms with van der Waals surface area (Å²) in [5.41, 5.74) is 0.839. The highest BCUT2D eigenvalue weighted by Crippen LogP contribution is 2.27. The van der Waals surface area contributed by atoms with E-state index in [1.54, 1.807) is 11.8 Å². The van der Waals surface area contributed by atoms with Crippen molar-refractivity contribution in [2.24, 2.45) is 0 Å². The highest BCUT2D eigenvalue weighted by Gasteiger charge is 2.14. The van der Waals surface area contributed by atoms with E-state index < -0.39 is 0 Å². The molecule has 0 saturated carbocycles. The largest absolute Gasteiger partial charge is 0.294 e. The van der Waals surface area contributed by atoms with Crippen molar-refractivity contribution in [1.29, 1.82) is 0 Å². The summed E-state index contributed by atoms with van der Waals surface area (Å²) in [4.78, 5) is 16.6. The van der Waals surface area contributed by atoms with E-state index in [1.165, 1.54) is 22.7 Å². The lowest BCUT2D eigenvalue weighted by atomic mass is 10.3. The predicted molar refractivity (Wildman–Crippen MR) is 93.1 cm³/mol. The van der Waals surface area contributed by atoms with E-state index in [0.29, 0.717) is 10.1 Å². The molecule has 0 fully saturated rings. The lowest BCUT2D eigenvalue weighted by Gasteiger charge is -1.95. The van der Waals surface area contributed by atoms with Crippen molar-refractivity contribution in [2.75, 3.05) is 11.1 Å². The van der Waals surface area contributed by atoms with E-state index in [1.807, 2.05) is 24.3 Å². The maximum Gasteiger partial charge on any atom is 0.286 e. The lowest BCUT2D eigenvalue weighted by molar-refractivity contribution is 0.102. The molecule has 0 saturated heterocycles. The SMILES string of the molecule is CCCCSc1nnc(NC(=O)c2nc3ccccc3s2)s1. The second-order valence-corrected chi connectivity index (χ2v) is 7.87. The normalized spacial score (nSPS) is 11.0. The monoisotopic (exact) mass is 350 g/mol. The van der Waals surface area contributed by atoms with E-state index >= 15 is 0 Å². The summed E-state index contributed by atoms with van der Waals surface area (Å²) in [5.74, 6) is 0.791. The molecule has 114 valence electrons. The molecule has 0 atom stereocenters. The van der Waals surface area contributed by atoms with Gasteiger partial charge in [-0.25, -0.2) is 4.98 Å². The van der Waals surface area contributed by atoms with Gasteiger partial charge in [0.1, 0.15) is 0 Å². The highest BCUT2D eigenvalue weighted by molar-refractivity contribution is 8.01. The number of thioether (sulfide) groups is 1. The van der Waals surface area contributed by atoms with Gasteiger partial charge in [0, 0.05) is 5.75 Å². The van der Waals surface area contributed by atoms with Gasteiger partial charge in [0.25, 0.3) is 5.91 Å². The fourth-order valence-electron chi connectivity index (χ4n) is 1.74. The molecule has 2 heterocycles. The van der Waals surface area contributed by atoms with Gasteiger partial charge < -0.3 is 0 Å². The Labute approximate surface area is 140 Å². The molecule has 8 heteroatoms. The molecule has 3 rings (SSSR count). The Balaban J connectivity index is 1.66. The van der Waals surface area contributed by atoms with Gasteiger partial charge in [-0.15, -0.1) is 21.5 Å². The molecule has 0 spiro atoms. The third kappa shape index (κ3) is 3.63. The molecule has 3 aromatic rings. The number of benzene rings is 1. The van der Waals surface area contributed by atoms with Crippen LogP contribution in [0.5, 0.6) is 0 Å². The van der Waals surface area contributed by atoms with Crippen LogP contribution in [0.25, 0.3) is 10.2 Å². The molecular weight excluding hydrogens is 336 g/mol. The first-order valence-electron chi connectivity index (χ1n) is 6.89.